The normalized spacial score (nSPS) is 10.2. The standard InChI is InChI=1S/C12H13N3O2/c16-7-6-13-12-14-10(8-11(17)15-12)9-4-2-1-3-5-9/h1-5,8,16H,6-7H2,(H2,13,14,15,17). The summed E-state index contributed by atoms with van der Waals surface area (Å²) in [5, 5.41) is 11.5. The molecule has 88 valence electrons. The largest absolute Gasteiger partial charge is 0.395 e. The maximum atomic E-state index is 11.4. The molecule has 17 heavy (non-hydrogen) atoms. The molecule has 0 radical (unpaired) electrons. The lowest BCUT2D eigenvalue weighted by Gasteiger charge is -2.05. The average Bonchev–Trinajstić information content (AvgIpc) is 2.37. The molecule has 0 saturated carbocycles. The number of aromatic nitrogens is 2. The van der Waals surface area contributed by atoms with E-state index in [4.69, 9.17) is 5.11 Å². The summed E-state index contributed by atoms with van der Waals surface area (Å²) in [6, 6.07) is 10.9. The average molecular weight is 231 g/mol. The lowest BCUT2D eigenvalue weighted by Crippen LogP contribution is -2.15. The number of aromatic amines is 1. The summed E-state index contributed by atoms with van der Waals surface area (Å²) < 4.78 is 0. The van der Waals surface area contributed by atoms with Crippen LogP contribution in [0.3, 0.4) is 0 Å². The van der Waals surface area contributed by atoms with Crippen molar-refractivity contribution in [3.63, 3.8) is 0 Å². The molecule has 0 bridgehead atoms. The summed E-state index contributed by atoms with van der Waals surface area (Å²) in [5.41, 5.74) is 1.26. The smallest absolute Gasteiger partial charge is 0.252 e. The molecule has 0 aliphatic rings. The van der Waals surface area contributed by atoms with Gasteiger partial charge in [-0.15, -0.1) is 0 Å². The van der Waals surface area contributed by atoms with E-state index in [1.54, 1.807) is 0 Å². The van der Waals surface area contributed by atoms with E-state index in [0.29, 0.717) is 18.2 Å². The first-order valence-electron chi connectivity index (χ1n) is 5.31. The van der Waals surface area contributed by atoms with Crippen molar-refractivity contribution >= 4 is 5.95 Å². The summed E-state index contributed by atoms with van der Waals surface area (Å²) in [7, 11) is 0. The van der Waals surface area contributed by atoms with Crippen molar-refractivity contribution in [3.05, 3.63) is 46.8 Å². The van der Waals surface area contributed by atoms with Gasteiger partial charge in [0.15, 0.2) is 0 Å². The van der Waals surface area contributed by atoms with Gasteiger partial charge in [-0.05, 0) is 0 Å². The van der Waals surface area contributed by atoms with E-state index in [1.165, 1.54) is 6.07 Å². The van der Waals surface area contributed by atoms with Gasteiger partial charge in [-0.3, -0.25) is 9.78 Å². The Morgan fingerprint density at radius 3 is 2.76 bits per heavy atom. The molecule has 0 unspecified atom stereocenters. The topological polar surface area (TPSA) is 78.0 Å². The quantitative estimate of drug-likeness (QED) is 0.728. The van der Waals surface area contributed by atoms with Crippen molar-refractivity contribution in [1.29, 1.82) is 0 Å². The third-order valence-electron chi connectivity index (χ3n) is 2.22. The van der Waals surface area contributed by atoms with E-state index in [1.807, 2.05) is 30.3 Å². The summed E-state index contributed by atoms with van der Waals surface area (Å²) >= 11 is 0. The molecular weight excluding hydrogens is 218 g/mol. The zero-order chi connectivity index (χ0) is 12.1. The SMILES string of the molecule is O=c1cc(-c2ccccc2)nc(NCCO)[nH]1. The summed E-state index contributed by atoms with van der Waals surface area (Å²) in [6.07, 6.45) is 0. The van der Waals surface area contributed by atoms with Gasteiger partial charge in [0.05, 0.1) is 12.3 Å². The van der Waals surface area contributed by atoms with Gasteiger partial charge >= 0.3 is 0 Å². The van der Waals surface area contributed by atoms with Crippen molar-refractivity contribution in [2.75, 3.05) is 18.5 Å². The van der Waals surface area contributed by atoms with Crippen LogP contribution in [0.1, 0.15) is 0 Å². The maximum Gasteiger partial charge on any atom is 0.252 e. The first-order chi connectivity index (χ1) is 8.29. The van der Waals surface area contributed by atoms with Gasteiger partial charge < -0.3 is 10.4 Å². The number of nitrogens with one attached hydrogen (secondary N) is 2. The van der Waals surface area contributed by atoms with Crippen LogP contribution >= 0.6 is 0 Å². The van der Waals surface area contributed by atoms with Crippen LogP contribution < -0.4 is 10.9 Å². The number of hydrogen-bond donors (Lipinski definition) is 3. The molecule has 5 nitrogen and oxygen atoms in total. The van der Waals surface area contributed by atoms with Crippen molar-refractivity contribution in [3.8, 4) is 11.3 Å². The highest BCUT2D eigenvalue weighted by molar-refractivity contribution is 5.59. The minimum Gasteiger partial charge on any atom is -0.395 e. The predicted molar refractivity (Wildman–Crippen MR) is 65.9 cm³/mol. The first kappa shape index (κ1) is 11.3. The van der Waals surface area contributed by atoms with Gasteiger partial charge in [-0.25, -0.2) is 4.98 Å². The fourth-order valence-electron chi connectivity index (χ4n) is 1.47. The Hall–Kier alpha value is -2.14. The number of anilines is 1. The minimum absolute atomic E-state index is 0.0146. The fourth-order valence-corrected chi connectivity index (χ4v) is 1.47. The lowest BCUT2D eigenvalue weighted by molar-refractivity contribution is 0.311. The number of nitrogens with zero attached hydrogens (tertiary/aromatic N) is 1. The van der Waals surface area contributed by atoms with Crippen LogP contribution in [0.15, 0.2) is 41.2 Å². The zero-order valence-corrected chi connectivity index (χ0v) is 9.18. The summed E-state index contributed by atoms with van der Waals surface area (Å²) in [5.74, 6) is 0.366. The predicted octanol–water partition coefficient (Wildman–Crippen LogP) is 0.841. The number of rotatable bonds is 4. The monoisotopic (exact) mass is 231 g/mol. The molecule has 1 aromatic heterocycles. The van der Waals surface area contributed by atoms with E-state index >= 15 is 0 Å². The molecule has 0 saturated heterocycles. The molecule has 1 heterocycles. The van der Waals surface area contributed by atoms with E-state index < -0.39 is 0 Å². The van der Waals surface area contributed by atoms with E-state index in [-0.39, 0.29) is 12.2 Å². The Balaban J connectivity index is 2.35. The Bertz CT molecular complexity index is 537. The van der Waals surface area contributed by atoms with E-state index in [0.717, 1.165) is 5.56 Å². The second kappa shape index (κ2) is 5.27. The van der Waals surface area contributed by atoms with Crippen molar-refractivity contribution in [2.45, 2.75) is 0 Å². The van der Waals surface area contributed by atoms with Gasteiger partial charge in [0.2, 0.25) is 5.95 Å². The van der Waals surface area contributed by atoms with Gasteiger partial charge in [0.1, 0.15) is 0 Å². The number of benzene rings is 1. The molecular formula is C12H13N3O2. The second-order valence-electron chi connectivity index (χ2n) is 3.50. The minimum atomic E-state index is -0.223. The molecule has 1 aromatic carbocycles. The molecule has 5 heteroatoms. The molecule has 2 aromatic rings. The summed E-state index contributed by atoms with van der Waals surface area (Å²) in [4.78, 5) is 18.3. The molecule has 0 fully saturated rings. The number of aliphatic hydroxyl groups is 1. The highest BCUT2D eigenvalue weighted by atomic mass is 16.3. The number of aliphatic hydroxyl groups excluding tert-OH is 1. The third-order valence-corrected chi connectivity index (χ3v) is 2.22. The van der Waals surface area contributed by atoms with Gasteiger partial charge in [0.25, 0.3) is 5.56 Å². The Labute approximate surface area is 98.2 Å². The molecule has 2 rings (SSSR count). The number of hydrogen-bond acceptors (Lipinski definition) is 4. The Kier molecular flexibility index (Phi) is 3.52. The van der Waals surface area contributed by atoms with Crippen molar-refractivity contribution < 1.29 is 5.11 Å². The van der Waals surface area contributed by atoms with E-state index in [9.17, 15) is 4.79 Å². The lowest BCUT2D eigenvalue weighted by atomic mass is 10.1. The van der Waals surface area contributed by atoms with Gasteiger partial charge in [0, 0.05) is 18.2 Å². The first-order valence-corrected chi connectivity index (χ1v) is 5.31. The van der Waals surface area contributed by atoms with Gasteiger partial charge in [-0.1, -0.05) is 30.3 Å². The molecule has 0 aliphatic carbocycles. The number of H-pyrrole nitrogens is 1. The van der Waals surface area contributed by atoms with Crippen LogP contribution in [0.4, 0.5) is 5.95 Å². The maximum absolute atomic E-state index is 11.4. The summed E-state index contributed by atoms with van der Waals surface area (Å²) in [6.45, 7) is 0.334. The molecule has 0 spiro atoms. The van der Waals surface area contributed by atoms with Crippen LogP contribution in [0.25, 0.3) is 11.3 Å². The third kappa shape index (κ3) is 2.92. The van der Waals surface area contributed by atoms with Crippen LogP contribution in [0, 0.1) is 0 Å². The molecule has 0 amide bonds. The molecule has 0 aliphatic heterocycles. The Morgan fingerprint density at radius 1 is 1.29 bits per heavy atom. The van der Waals surface area contributed by atoms with Crippen LogP contribution in [-0.2, 0) is 0 Å². The molecule has 0 atom stereocenters. The van der Waals surface area contributed by atoms with Gasteiger partial charge in [-0.2, -0.15) is 0 Å². The van der Waals surface area contributed by atoms with E-state index in [2.05, 4.69) is 15.3 Å². The fraction of sp³-hybridized carbons (Fsp3) is 0.167. The van der Waals surface area contributed by atoms with Crippen LogP contribution in [0.2, 0.25) is 0 Å². The highest BCUT2D eigenvalue weighted by Gasteiger charge is 2.02. The van der Waals surface area contributed by atoms with Crippen molar-refractivity contribution in [2.24, 2.45) is 0 Å². The Morgan fingerprint density at radius 2 is 2.06 bits per heavy atom. The zero-order valence-electron chi connectivity index (χ0n) is 9.18. The van der Waals surface area contributed by atoms with Crippen LogP contribution in [0.5, 0.6) is 0 Å². The van der Waals surface area contributed by atoms with Crippen LogP contribution in [-0.4, -0.2) is 28.2 Å². The second-order valence-corrected chi connectivity index (χ2v) is 3.50. The highest BCUT2D eigenvalue weighted by Crippen LogP contribution is 2.14. The molecule has 3 N–H and O–H groups in total. The van der Waals surface area contributed by atoms with Crippen molar-refractivity contribution in [1.82, 2.24) is 9.97 Å².